The minimum Gasteiger partial charge on any atom is -0.310 e. The minimum atomic E-state index is -0.251. The van der Waals surface area contributed by atoms with Crippen LogP contribution >= 0.6 is 15.9 Å². The van der Waals surface area contributed by atoms with Crippen LogP contribution in [0.5, 0.6) is 0 Å². The molecule has 2 aromatic heterocycles. The topological polar surface area (TPSA) is 66.4 Å². The molecule has 2 amide bonds. The van der Waals surface area contributed by atoms with E-state index >= 15 is 0 Å². The van der Waals surface area contributed by atoms with E-state index in [1.807, 2.05) is 12.1 Å². The van der Waals surface area contributed by atoms with E-state index in [0.717, 1.165) is 55.3 Å². The molecule has 47 heavy (non-hydrogen) atoms. The molecular formula is C38H39BrF2N4O2. The number of halogens is 3. The first-order valence-corrected chi connectivity index (χ1v) is 16.3. The summed E-state index contributed by atoms with van der Waals surface area (Å²) in [7, 11) is 0. The smallest absolute Gasteiger partial charge is 0.223 e. The molecule has 0 atom stereocenters. The molecular weight excluding hydrogens is 662 g/mol. The van der Waals surface area contributed by atoms with Crippen molar-refractivity contribution in [2.45, 2.75) is 65.2 Å². The van der Waals surface area contributed by atoms with Gasteiger partial charge in [0.05, 0.1) is 28.5 Å². The molecule has 6 nitrogen and oxygen atoms in total. The summed E-state index contributed by atoms with van der Waals surface area (Å²) < 4.78 is 26.9. The van der Waals surface area contributed by atoms with Crippen molar-refractivity contribution in [3.63, 3.8) is 0 Å². The van der Waals surface area contributed by atoms with Gasteiger partial charge in [0.15, 0.2) is 0 Å². The molecule has 0 aliphatic carbocycles. The van der Waals surface area contributed by atoms with Crippen LogP contribution < -0.4 is 9.80 Å². The first kappa shape index (κ1) is 34.1. The van der Waals surface area contributed by atoms with Crippen LogP contribution in [0.2, 0.25) is 0 Å². The van der Waals surface area contributed by atoms with Crippen LogP contribution in [0.3, 0.4) is 0 Å². The van der Waals surface area contributed by atoms with Crippen molar-refractivity contribution in [2.75, 3.05) is 22.9 Å². The molecule has 244 valence electrons. The molecule has 0 spiro atoms. The zero-order valence-corrected chi connectivity index (χ0v) is 29.2. The van der Waals surface area contributed by atoms with Crippen molar-refractivity contribution in [3.05, 3.63) is 123 Å². The monoisotopic (exact) mass is 700 g/mol. The number of carbonyl (C=O) groups is 2. The number of pyridine rings is 2. The number of benzene rings is 2. The van der Waals surface area contributed by atoms with Gasteiger partial charge < -0.3 is 9.80 Å². The lowest BCUT2D eigenvalue weighted by molar-refractivity contribution is -0.117. The number of fused-ring (bicyclic) bond motifs is 2. The first-order valence-electron chi connectivity index (χ1n) is 15.5. The maximum absolute atomic E-state index is 13.1. The van der Waals surface area contributed by atoms with E-state index < -0.39 is 0 Å². The number of hydrogen-bond acceptors (Lipinski definition) is 4. The van der Waals surface area contributed by atoms with Gasteiger partial charge in [-0.3, -0.25) is 14.6 Å². The van der Waals surface area contributed by atoms with Crippen molar-refractivity contribution >= 4 is 45.2 Å². The Morgan fingerprint density at radius 2 is 1.17 bits per heavy atom. The number of amides is 2. The molecule has 0 saturated carbocycles. The van der Waals surface area contributed by atoms with Gasteiger partial charge in [-0.15, -0.1) is 0 Å². The Kier molecular flexibility index (Phi) is 9.51. The van der Waals surface area contributed by atoms with E-state index in [1.165, 1.54) is 24.3 Å². The fourth-order valence-corrected chi connectivity index (χ4v) is 6.68. The van der Waals surface area contributed by atoms with Crippen LogP contribution in [0, 0.1) is 11.6 Å². The van der Waals surface area contributed by atoms with Gasteiger partial charge in [0.1, 0.15) is 16.2 Å². The van der Waals surface area contributed by atoms with Crippen LogP contribution in [0.4, 0.5) is 20.2 Å². The number of rotatable bonds is 5. The van der Waals surface area contributed by atoms with Crippen LogP contribution in [-0.4, -0.2) is 34.9 Å². The van der Waals surface area contributed by atoms with Gasteiger partial charge in [0.25, 0.3) is 0 Å². The Labute approximate surface area is 283 Å². The number of hydrogen-bond donors (Lipinski definition) is 0. The van der Waals surface area contributed by atoms with Crippen LogP contribution in [0.15, 0.2) is 71.8 Å². The van der Waals surface area contributed by atoms with Crippen LogP contribution in [-0.2, 0) is 33.3 Å². The van der Waals surface area contributed by atoms with Gasteiger partial charge >= 0.3 is 0 Å². The van der Waals surface area contributed by atoms with E-state index in [0.29, 0.717) is 25.9 Å². The molecule has 0 N–H and O–H groups in total. The standard InChI is InChI=1S/C20H21FN2O.C18H18BrFN2O/c1-5-17-15(10-14-6-8-16(21)9-7-14)11-18-19(22-17)20(3,4)12-23(18)13(2)24;1-11(23)22-10-18(2,3)16-15(22)9-13(17(19)21-16)8-12-4-6-14(20)7-5-12/h5-9,11H,1,10,12H2,2-4H3;4-7,9H,8,10H2,1-3H3. The molecule has 9 heteroatoms. The average Bonchev–Trinajstić information content (AvgIpc) is 3.43. The quantitative estimate of drug-likeness (QED) is 0.197. The predicted octanol–water partition coefficient (Wildman–Crippen LogP) is 8.32. The second-order valence-corrected chi connectivity index (χ2v) is 14.2. The SMILES string of the molecule is C=Cc1nc2c(cc1Cc1ccc(F)cc1)N(C(C)=O)CC2(C)C.CC(=O)N1CC(C)(C)c2nc(Br)c(Cc3ccc(F)cc3)cc21. The molecule has 0 bridgehead atoms. The second kappa shape index (κ2) is 13.1. The highest BCUT2D eigenvalue weighted by Crippen LogP contribution is 2.42. The molecule has 0 radical (unpaired) electrons. The summed E-state index contributed by atoms with van der Waals surface area (Å²) in [4.78, 5) is 37.0. The first-order chi connectivity index (χ1) is 22.1. The number of nitrogens with zero attached hydrogens (tertiary/aromatic N) is 4. The van der Waals surface area contributed by atoms with E-state index in [1.54, 1.807) is 54.0 Å². The summed E-state index contributed by atoms with van der Waals surface area (Å²) in [5.41, 5.74) is 8.03. The Hall–Kier alpha value is -4.24. The summed E-state index contributed by atoms with van der Waals surface area (Å²) in [6.07, 6.45) is 2.99. The van der Waals surface area contributed by atoms with E-state index in [4.69, 9.17) is 9.97 Å². The molecule has 4 aromatic rings. The van der Waals surface area contributed by atoms with Gasteiger partial charge in [-0.2, -0.15) is 0 Å². The Balaban J connectivity index is 0.000000185. The van der Waals surface area contributed by atoms with Crippen LogP contribution in [0.1, 0.15) is 80.9 Å². The van der Waals surface area contributed by atoms with Crippen molar-refractivity contribution < 1.29 is 18.4 Å². The summed E-state index contributed by atoms with van der Waals surface area (Å²) in [5.74, 6) is -0.458. The van der Waals surface area contributed by atoms with Gasteiger partial charge in [-0.25, -0.2) is 13.8 Å². The van der Waals surface area contributed by atoms with Gasteiger partial charge in [0, 0.05) is 44.2 Å². The highest BCUT2D eigenvalue weighted by Gasteiger charge is 2.40. The predicted molar refractivity (Wildman–Crippen MR) is 187 cm³/mol. The average molecular weight is 702 g/mol. The van der Waals surface area contributed by atoms with Crippen molar-refractivity contribution in [1.29, 1.82) is 0 Å². The van der Waals surface area contributed by atoms with Crippen molar-refractivity contribution in [1.82, 2.24) is 9.97 Å². The lowest BCUT2D eigenvalue weighted by atomic mass is 9.90. The molecule has 2 aromatic carbocycles. The highest BCUT2D eigenvalue weighted by atomic mass is 79.9. The molecule has 2 aliphatic rings. The molecule has 4 heterocycles. The third-order valence-electron chi connectivity index (χ3n) is 8.68. The fraction of sp³-hybridized carbons (Fsp3) is 0.316. The summed E-state index contributed by atoms with van der Waals surface area (Å²) in [6.45, 7) is 16.7. The third kappa shape index (κ3) is 7.20. The largest absolute Gasteiger partial charge is 0.310 e. The zero-order chi connectivity index (χ0) is 34.3. The second-order valence-electron chi connectivity index (χ2n) is 13.5. The molecule has 0 unspecified atom stereocenters. The summed E-state index contributed by atoms with van der Waals surface area (Å²) in [6, 6.07) is 16.9. The van der Waals surface area contributed by atoms with Gasteiger partial charge in [-0.1, -0.05) is 58.5 Å². The van der Waals surface area contributed by atoms with Gasteiger partial charge in [-0.05, 0) is 87.1 Å². The highest BCUT2D eigenvalue weighted by molar-refractivity contribution is 9.10. The van der Waals surface area contributed by atoms with Crippen molar-refractivity contribution in [3.8, 4) is 0 Å². The summed E-state index contributed by atoms with van der Waals surface area (Å²) in [5, 5.41) is 0. The minimum absolute atomic E-state index is 0.0164. The zero-order valence-electron chi connectivity index (χ0n) is 27.6. The Morgan fingerprint density at radius 1 is 0.766 bits per heavy atom. The molecule has 6 rings (SSSR count). The molecule has 0 fully saturated rings. The van der Waals surface area contributed by atoms with E-state index in [2.05, 4.69) is 50.2 Å². The lowest BCUT2D eigenvalue weighted by Gasteiger charge is -2.18. The third-order valence-corrected chi connectivity index (χ3v) is 9.37. The summed E-state index contributed by atoms with van der Waals surface area (Å²) >= 11 is 3.54. The maximum Gasteiger partial charge on any atom is 0.223 e. The Bertz CT molecular complexity index is 1850. The van der Waals surface area contributed by atoms with E-state index in [-0.39, 0.29) is 34.3 Å². The van der Waals surface area contributed by atoms with Gasteiger partial charge in [0.2, 0.25) is 11.8 Å². The fourth-order valence-electron chi connectivity index (χ4n) is 6.24. The molecule has 0 saturated heterocycles. The normalized spacial score (nSPS) is 15.4. The number of carbonyl (C=O) groups excluding carboxylic acids is 2. The Morgan fingerprint density at radius 3 is 1.60 bits per heavy atom. The molecule has 2 aliphatic heterocycles. The number of anilines is 2. The maximum atomic E-state index is 13.1. The lowest BCUT2D eigenvalue weighted by Crippen LogP contribution is -2.32. The van der Waals surface area contributed by atoms with Crippen LogP contribution in [0.25, 0.3) is 6.08 Å². The number of aromatic nitrogens is 2. The van der Waals surface area contributed by atoms with Crippen molar-refractivity contribution in [2.24, 2.45) is 0 Å². The van der Waals surface area contributed by atoms with E-state index in [9.17, 15) is 18.4 Å².